The Bertz CT molecular complexity index is 1110. The van der Waals surface area contributed by atoms with Crippen LogP contribution in [0.4, 0.5) is 11.4 Å². The average Bonchev–Trinajstić information content (AvgIpc) is 3.07. The van der Waals surface area contributed by atoms with Crippen molar-refractivity contribution < 1.29 is 4.79 Å². The predicted molar refractivity (Wildman–Crippen MR) is 117 cm³/mol. The number of carbonyl (C=O) groups is 1. The normalized spacial score (nSPS) is 10.9. The molecule has 0 spiro atoms. The number of hydrogen-bond donors (Lipinski definition) is 2. The third kappa shape index (κ3) is 3.67. The van der Waals surface area contributed by atoms with Crippen LogP contribution in [0.3, 0.4) is 0 Å². The van der Waals surface area contributed by atoms with Crippen molar-refractivity contribution in [1.29, 1.82) is 0 Å². The van der Waals surface area contributed by atoms with Gasteiger partial charge in [-0.15, -0.1) is 0 Å². The number of fused-ring (bicyclic) bond motifs is 1. The summed E-state index contributed by atoms with van der Waals surface area (Å²) in [4.78, 5) is 16.4. The molecule has 0 aliphatic heterocycles. The number of aromatic nitrogens is 1. The van der Waals surface area contributed by atoms with Gasteiger partial charge in [-0.3, -0.25) is 4.79 Å². The topological polar surface area (TPSA) is 44.9 Å². The Hall–Kier alpha value is -3.04. The van der Waals surface area contributed by atoms with E-state index in [0.717, 1.165) is 35.1 Å². The van der Waals surface area contributed by atoms with Crippen LogP contribution in [0.5, 0.6) is 0 Å². The molecule has 0 atom stereocenters. The van der Waals surface area contributed by atoms with Crippen molar-refractivity contribution in [2.24, 2.45) is 0 Å². The van der Waals surface area contributed by atoms with E-state index < -0.39 is 0 Å². The number of nitrogens with one attached hydrogen (secondary N) is 2. The monoisotopic (exact) mass is 388 g/mol. The molecule has 4 aromatic rings. The third-order valence-corrected chi connectivity index (χ3v) is 5.02. The van der Waals surface area contributed by atoms with Gasteiger partial charge in [-0.25, -0.2) is 0 Å². The first-order valence-corrected chi connectivity index (χ1v) is 9.80. The molecule has 0 saturated carbocycles. The Kier molecular flexibility index (Phi) is 5.18. The van der Waals surface area contributed by atoms with Crippen LogP contribution in [0, 0.1) is 0 Å². The van der Waals surface area contributed by atoms with E-state index in [9.17, 15) is 4.79 Å². The van der Waals surface area contributed by atoms with Crippen LogP contribution in [-0.2, 0) is 6.42 Å². The van der Waals surface area contributed by atoms with Crippen molar-refractivity contribution in [2.45, 2.75) is 19.8 Å². The molecule has 0 fully saturated rings. The first-order chi connectivity index (χ1) is 13.7. The molecule has 0 radical (unpaired) electrons. The van der Waals surface area contributed by atoms with E-state index in [2.05, 4.69) is 41.5 Å². The standard InChI is InChI=1S/C24H21ClN2O/c1-2-6-16-9-12-19(13-10-16)26-22-20-14-11-18(25)15-21(20)27-23(22)24(28)17-7-4-3-5-8-17/h3-5,7-15,26-27H,2,6H2,1H3. The Balaban J connectivity index is 1.78. The Morgan fingerprint density at radius 3 is 2.46 bits per heavy atom. The lowest BCUT2D eigenvalue weighted by atomic mass is 10.1. The number of anilines is 2. The first-order valence-electron chi connectivity index (χ1n) is 9.42. The smallest absolute Gasteiger partial charge is 0.211 e. The van der Waals surface area contributed by atoms with Crippen LogP contribution < -0.4 is 5.32 Å². The lowest BCUT2D eigenvalue weighted by Gasteiger charge is -2.09. The van der Waals surface area contributed by atoms with Gasteiger partial charge in [0.2, 0.25) is 5.78 Å². The van der Waals surface area contributed by atoms with Crippen LogP contribution in [-0.4, -0.2) is 10.8 Å². The highest BCUT2D eigenvalue weighted by atomic mass is 35.5. The highest BCUT2D eigenvalue weighted by Crippen LogP contribution is 2.33. The molecule has 2 N–H and O–H groups in total. The molecule has 28 heavy (non-hydrogen) atoms. The lowest BCUT2D eigenvalue weighted by molar-refractivity contribution is 0.103. The molecule has 4 rings (SSSR count). The van der Waals surface area contributed by atoms with E-state index in [1.54, 1.807) is 0 Å². The molecule has 140 valence electrons. The van der Waals surface area contributed by atoms with Gasteiger partial charge in [-0.2, -0.15) is 0 Å². The minimum absolute atomic E-state index is 0.0574. The fraction of sp³-hybridized carbons (Fsp3) is 0.125. The summed E-state index contributed by atoms with van der Waals surface area (Å²) in [6.07, 6.45) is 2.18. The highest BCUT2D eigenvalue weighted by Gasteiger charge is 2.19. The van der Waals surface area contributed by atoms with Gasteiger partial charge in [-0.1, -0.05) is 67.4 Å². The average molecular weight is 389 g/mol. The largest absolute Gasteiger partial charge is 0.353 e. The number of benzene rings is 3. The molecule has 0 saturated heterocycles. The summed E-state index contributed by atoms with van der Waals surface area (Å²) in [5.74, 6) is -0.0574. The van der Waals surface area contributed by atoms with Gasteiger partial charge in [0.25, 0.3) is 0 Å². The van der Waals surface area contributed by atoms with Crippen LogP contribution >= 0.6 is 11.6 Å². The highest BCUT2D eigenvalue weighted by molar-refractivity contribution is 6.31. The van der Waals surface area contributed by atoms with Crippen molar-refractivity contribution in [3.63, 3.8) is 0 Å². The molecular weight excluding hydrogens is 368 g/mol. The van der Waals surface area contributed by atoms with E-state index in [-0.39, 0.29) is 5.78 Å². The summed E-state index contributed by atoms with van der Waals surface area (Å²) >= 11 is 6.16. The molecule has 0 aliphatic rings. The first kappa shape index (κ1) is 18.3. The maximum atomic E-state index is 13.1. The maximum Gasteiger partial charge on any atom is 0.211 e. The third-order valence-electron chi connectivity index (χ3n) is 4.79. The minimum atomic E-state index is -0.0574. The van der Waals surface area contributed by atoms with Gasteiger partial charge < -0.3 is 10.3 Å². The number of carbonyl (C=O) groups excluding carboxylic acids is 1. The van der Waals surface area contributed by atoms with Gasteiger partial charge >= 0.3 is 0 Å². The van der Waals surface area contributed by atoms with Gasteiger partial charge in [0.05, 0.1) is 5.69 Å². The number of rotatable bonds is 6. The quantitative estimate of drug-likeness (QED) is 0.359. The lowest BCUT2D eigenvalue weighted by Crippen LogP contribution is -2.05. The molecule has 1 heterocycles. The molecular formula is C24H21ClN2O. The molecule has 3 nitrogen and oxygen atoms in total. The summed E-state index contributed by atoms with van der Waals surface area (Å²) in [5, 5.41) is 5.00. The molecule has 0 bridgehead atoms. The summed E-state index contributed by atoms with van der Waals surface area (Å²) in [6.45, 7) is 2.17. The SMILES string of the molecule is CCCc1ccc(Nc2c(C(=O)c3ccccc3)[nH]c3cc(Cl)ccc23)cc1. The summed E-state index contributed by atoms with van der Waals surface area (Å²) in [5.41, 5.74) is 5.01. The van der Waals surface area contributed by atoms with E-state index in [0.29, 0.717) is 16.3 Å². The van der Waals surface area contributed by atoms with E-state index in [1.165, 1.54) is 5.56 Å². The zero-order valence-electron chi connectivity index (χ0n) is 15.6. The van der Waals surface area contributed by atoms with E-state index >= 15 is 0 Å². The Morgan fingerprint density at radius 2 is 1.75 bits per heavy atom. The van der Waals surface area contributed by atoms with Gasteiger partial charge in [0, 0.05) is 27.2 Å². The Morgan fingerprint density at radius 1 is 1.00 bits per heavy atom. The molecule has 0 unspecified atom stereocenters. The maximum absolute atomic E-state index is 13.1. The molecule has 0 aliphatic carbocycles. The second kappa shape index (κ2) is 7.91. The molecule has 1 aromatic heterocycles. The summed E-state index contributed by atoms with van der Waals surface area (Å²) in [6, 6.07) is 23.2. The summed E-state index contributed by atoms with van der Waals surface area (Å²) < 4.78 is 0. The van der Waals surface area contributed by atoms with Crippen molar-refractivity contribution in [2.75, 3.05) is 5.32 Å². The number of ketones is 1. The predicted octanol–water partition coefficient (Wildman–Crippen LogP) is 6.75. The number of hydrogen-bond acceptors (Lipinski definition) is 2. The molecule has 3 aromatic carbocycles. The van der Waals surface area contributed by atoms with E-state index in [4.69, 9.17) is 11.6 Å². The number of aromatic amines is 1. The van der Waals surface area contributed by atoms with Crippen LogP contribution in [0.15, 0.2) is 72.8 Å². The van der Waals surface area contributed by atoms with Crippen molar-refractivity contribution in [3.8, 4) is 0 Å². The van der Waals surface area contributed by atoms with Crippen LogP contribution in [0.1, 0.15) is 35.0 Å². The number of aryl methyl sites for hydroxylation is 1. The van der Waals surface area contributed by atoms with Crippen molar-refractivity contribution in [3.05, 3.63) is 94.6 Å². The molecule has 0 amide bonds. The second-order valence-electron chi connectivity index (χ2n) is 6.83. The zero-order valence-corrected chi connectivity index (χ0v) is 16.4. The number of H-pyrrole nitrogens is 1. The van der Waals surface area contributed by atoms with Crippen molar-refractivity contribution >= 4 is 39.7 Å². The van der Waals surface area contributed by atoms with Gasteiger partial charge in [0.15, 0.2) is 0 Å². The molecule has 4 heteroatoms. The second-order valence-corrected chi connectivity index (χ2v) is 7.27. The fourth-order valence-electron chi connectivity index (χ4n) is 3.39. The summed E-state index contributed by atoms with van der Waals surface area (Å²) in [7, 11) is 0. The van der Waals surface area contributed by atoms with Gasteiger partial charge in [0.1, 0.15) is 5.69 Å². The van der Waals surface area contributed by atoms with Crippen LogP contribution in [0.2, 0.25) is 5.02 Å². The van der Waals surface area contributed by atoms with E-state index in [1.807, 2.05) is 48.5 Å². The number of halogens is 1. The minimum Gasteiger partial charge on any atom is -0.353 e. The van der Waals surface area contributed by atoms with Crippen LogP contribution in [0.25, 0.3) is 10.9 Å². The van der Waals surface area contributed by atoms with Crippen molar-refractivity contribution in [1.82, 2.24) is 4.98 Å². The fourth-order valence-corrected chi connectivity index (χ4v) is 3.56. The Labute approximate surface area is 169 Å². The van der Waals surface area contributed by atoms with Gasteiger partial charge in [-0.05, 0) is 42.3 Å². The zero-order chi connectivity index (χ0) is 19.5.